The summed E-state index contributed by atoms with van der Waals surface area (Å²) in [5, 5.41) is 11.6. The van der Waals surface area contributed by atoms with E-state index in [1.807, 2.05) is 0 Å². The highest BCUT2D eigenvalue weighted by atomic mass is 19.4. The number of carbonyl (C=O) groups is 1. The maximum absolute atomic E-state index is 12.7. The molecule has 1 heterocycles. The van der Waals surface area contributed by atoms with E-state index in [0.717, 1.165) is 19.2 Å². The van der Waals surface area contributed by atoms with E-state index in [4.69, 9.17) is 0 Å². The van der Waals surface area contributed by atoms with Crippen LogP contribution >= 0.6 is 0 Å². The van der Waals surface area contributed by atoms with E-state index < -0.39 is 22.6 Å². The van der Waals surface area contributed by atoms with Crippen LogP contribution in [0.25, 0.3) is 10.9 Å². The van der Waals surface area contributed by atoms with Gasteiger partial charge < -0.3 is 4.74 Å². The molecule has 0 aliphatic carbocycles. The molecule has 1 aromatic heterocycles. The highest BCUT2D eigenvalue weighted by molar-refractivity contribution is 5.97. The predicted molar refractivity (Wildman–Crippen MR) is 97.2 cm³/mol. The fraction of sp³-hybridized carbons (Fsp3) is 0.100. The van der Waals surface area contributed by atoms with Gasteiger partial charge >= 0.3 is 12.1 Å². The number of esters is 1. The van der Waals surface area contributed by atoms with E-state index in [9.17, 15) is 28.1 Å². The number of nitro benzene ring substituents is 1. The molecule has 0 amide bonds. The third kappa shape index (κ3) is 4.16. The van der Waals surface area contributed by atoms with E-state index in [0.29, 0.717) is 10.9 Å². The fourth-order valence-electron chi connectivity index (χ4n) is 2.58. The predicted octanol–water partition coefficient (Wildman–Crippen LogP) is 4.35. The van der Waals surface area contributed by atoms with Crippen LogP contribution in [-0.2, 0) is 10.9 Å². The number of hydrogen-bond acceptors (Lipinski definition) is 5. The molecule has 3 rings (SSSR count). The minimum absolute atomic E-state index is 0.0443. The van der Waals surface area contributed by atoms with E-state index in [1.54, 1.807) is 6.07 Å². The van der Waals surface area contributed by atoms with Gasteiger partial charge in [-0.25, -0.2) is 9.78 Å². The number of aromatic nitrogens is 1. The first-order chi connectivity index (χ1) is 13.7. The Morgan fingerprint density at radius 3 is 2.41 bits per heavy atom. The number of carbonyl (C=O) groups excluding carboxylic acids is 1. The van der Waals surface area contributed by atoms with Gasteiger partial charge in [-0.05, 0) is 30.3 Å². The Morgan fingerprint density at radius 2 is 1.83 bits per heavy atom. The number of rotatable bonds is 2. The molecule has 0 saturated carbocycles. The van der Waals surface area contributed by atoms with Crippen molar-refractivity contribution in [1.82, 2.24) is 4.98 Å². The van der Waals surface area contributed by atoms with Gasteiger partial charge in [0.05, 0.1) is 17.6 Å². The lowest BCUT2D eigenvalue weighted by molar-refractivity contribution is -0.383. The number of alkyl halides is 3. The second-order valence-corrected chi connectivity index (χ2v) is 5.80. The molecule has 3 aromatic rings. The molecule has 0 bridgehead atoms. The maximum Gasteiger partial charge on any atom is 0.416 e. The van der Waals surface area contributed by atoms with Crippen LogP contribution in [0, 0.1) is 22.0 Å². The second-order valence-electron chi connectivity index (χ2n) is 5.80. The zero-order chi connectivity index (χ0) is 21.2. The third-order valence-corrected chi connectivity index (χ3v) is 3.96. The largest absolute Gasteiger partial charge is 0.464 e. The molecule has 2 aromatic carbocycles. The Morgan fingerprint density at radius 1 is 1.14 bits per heavy atom. The first-order valence-electron chi connectivity index (χ1n) is 8.06. The summed E-state index contributed by atoms with van der Waals surface area (Å²) in [5.74, 6) is 4.64. The van der Waals surface area contributed by atoms with Crippen LogP contribution in [0.5, 0.6) is 0 Å². The van der Waals surface area contributed by atoms with E-state index >= 15 is 0 Å². The zero-order valence-corrected chi connectivity index (χ0v) is 14.8. The molecule has 0 radical (unpaired) electrons. The van der Waals surface area contributed by atoms with Gasteiger partial charge in [0.25, 0.3) is 5.69 Å². The molecule has 146 valence electrons. The molecule has 0 spiro atoms. The Labute approximate surface area is 162 Å². The summed E-state index contributed by atoms with van der Waals surface area (Å²) in [6.45, 7) is 0. The number of non-ortho nitro benzene ring substituents is 1. The first-order valence-corrected chi connectivity index (χ1v) is 8.06. The molecular weight excluding hydrogens is 389 g/mol. The summed E-state index contributed by atoms with van der Waals surface area (Å²) >= 11 is 0. The number of fused-ring (bicyclic) bond motifs is 1. The number of nitrogens with zero attached hydrogens (tertiary/aromatic N) is 2. The Bertz CT molecular complexity index is 1180. The summed E-state index contributed by atoms with van der Waals surface area (Å²) in [6.07, 6.45) is -4.46. The SMILES string of the molecule is COC(=O)c1cc(C#Cc2ccc(C(F)(F)F)cc2)c2cccc([N+](=O)[O-])c2n1. The average molecular weight is 400 g/mol. The van der Waals surface area contributed by atoms with Gasteiger partial charge in [-0.15, -0.1) is 0 Å². The van der Waals surface area contributed by atoms with Crippen molar-refractivity contribution < 1.29 is 27.6 Å². The quantitative estimate of drug-likeness (QED) is 0.277. The number of halogens is 3. The molecule has 0 fully saturated rings. The number of hydrogen-bond donors (Lipinski definition) is 0. The lowest BCUT2D eigenvalue weighted by atomic mass is 10.1. The molecule has 29 heavy (non-hydrogen) atoms. The van der Waals surface area contributed by atoms with Gasteiger partial charge in [0, 0.05) is 22.6 Å². The number of nitro groups is 1. The monoisotopic (exact) mass is 400 g/mol. The molecule has 0 saturated heterocycles. The van der Waals surface area contributed by atoms with Crippen LogP contribution < -0.4 is 0 Å². The van der Waals surface area contributed by atoms with Crippen molar-refractivity contribution in [3.05, 3.63) is 81.0 Å². The van der Waals surface area contributed by atoms with Gasteiger partial charge in [0.2, 0.25) is 0 Å². The number of para-hydroxylation sites is 1. The molecule has 0 unspecified atom stereocenters. The van der Waals surface area contributed by atoms with Gasteiger partial charge in [-0.1, -0.05) is 24.0 Å². The van der Waals surface area contributed by atoms with Crippen molar-refractivity contribution in [1.29, 1.82) is 0 Å². The fourth-order valence-corrected chi connectivity index (χ4v) is 2.58. The lowest BCUT2D eigenvalue weighted by Gasteiger charge is -2.06. The van der Waals surface area contributed by atoms with E-state index in [-0.39, 0.29) is 22.5 Å². The van der Waals surface area contributed by atoms with Crippen molar-refractivity contribution in [3.8, 4) is 11.8 Å². The lowest BCUT2D eigenvalue weighted by Crippen LogP contribution is -2.06. The number of ether oxygens (including phenoxy) is 1. The molecule has 0 aliphatic heterocycles. The molecular formula is C20H11F3N2O4. The van der Waals surface area contributed by atoms with E-state index in [1.165, 1.54) is 30.3 Å². The molecule has 0 N–H and O–H groups in total. The van der Waals surface area contributed by atoms with Crippen molar-refractivity contribution in [3.63, 3.8) is 0 Å². The number of benzene rings is 2. The first kappa shape index (κ1) is 19.8. The van der Waals surface area contributed by atoms with Crippen LogP contribution in [-0.4, -0.2) is 23.0 Å². The molecule has 0 atom stereocenters. The summed E-state index contributed by atoms with van der Waals surface area (Å²) in [6, 6.07) is 9.78. The smallest absolute Gasteiger partial charge is 0.416 e. The summed E-state index contributed by atoms with van der Waals surface area (Å²) in [5.41, 5.74) is -0.790. The van der Waals surface area contributed by atoms with Crippen LogP contribution in [0.15, 0.2) is 48.5 Å². The number of pyridine rings is 1. The van der Waals surface area contributed by atoms with E-state index in [2.05, 4.69) is 21.6 Å². The minimum Gasteiger partial charge on any atom is -0.464 e. The maximum atomic E-state index is 12.7. The van der Waals surface area contributed by atoms with Crippen LogP contribution in [0.2, 0.25) is 0 Å². The number of methoxy groups -OCH3 is 1. The Kier molecular flexibility index (Phi) is 5.19. The Hall–Kier alpha value is -3.93. The normalized spacial score (nSPS) is 10.9. The topological polar surface area (TPSA) is 82.3 Å². The summed E-state index contributed by atoms with van der Waals surface area (Å²) < 4.78 is 42.6. The third-order valence-electron chi connectivity index (χ3n) is 3.96. The van der Waals surface area contributed by atoms with Gasteiger partial charge in [-0.3, -0.25) is 10.1 Å². The zero-order valence-electron chi connectivity index (χ0n) is 14.8. The standard InChI is InChI=1S/C20H11F3N2O4/c1-29-19(26)16-11-13(15-3-2-4-17(25(27)28)18(15)24-16)8-5-12-6-9-14(10-7-12)20(21,22)23/h2-4,6-7,9-11H,1H3. The van der Waals surface area contributed by atoms with Crippen LogP contribution in [0.1, 0.15) is 27.2 Å². The van der Waals surface area contributed by atoms with Crippen molar-refractivity contribution >= 4 is 22.6 Å². The average Bonchev–Trinajstić information content (AvgIpc) is 2.70. The molecule has 0 aliphatic rings. The highest BCUT2D eigenvalue weighted by Gasteiger charge is 2.29. The molecule has 6 nitrogen and oxygen atoms in total. The molecule has 9 heteroatoms. The van der Waals surface area contributed by atoms with Crippen LogP contribution in [0.4, 0.5) is 18.9 Å². The van der Waals surface area contributed by atoms with Crippen molar-refractivity contribution in [2.45, 2.75) is 6.18 Å². The van der Waals surface area contributed by atoms with Gasteiger partial charge in [0.1, 0.15) is 5.52 Å². The Balaban J connectivity index is 2.14. The minimum atomic E-state index is -4.46. The summed E-state index contributed by atoms with van der Waals surface area (Å²) in [4.78, 5) is 26.6. The second kappa shape index (κ2) is 7.59. The van der Waals surface area contributed by atoms with Crippen molar-refractivity contribution in [2.24, 2.45) is 0 Å². The highest BCUT2D eigenvalue weighted by Crippen LogP contribution is 2.29. The van der Waals surface area contributed by atoms with Crippen molar-refractivity contribution in [2.75, 3.05) is 7.11 Å². The van der Waals surface area contributed by atoms with Crippen LogP contribution in [0.3, 0.4) is 0 Å². The summed E-state index contributed by atoms with van der Waals surface area (Å²) in [7, 11) is 1.14. The van der Waals surface area contributed by atoms with Gasteiger partial charge in [-0.2, -0.15) is 13.2 Å². The van der Waals surface area contributed by atoms with Gasteiger partial charge in [0.15, 0.2) is 5.69 Å².